The minimum atomic E-state index is -0.155. The molecule has 224 valence electrons. The highest BCUT2D eigenvalue weighted by Crippen LogP contribution is 2.56. The first-order valence-electron chi connectivity index (χ1n) is 16.3. The quantitative estimate of drug-likeness (QED) is 0.177. The molecule has 0 saturated heterocycles. The standard InChI is InChI=1S/C45H33NS/c1-25-18-26(2)20-30(19-25)42-33-12-8-6-10-31(33)41(32-11-7-9-13-34(32)42)29-15-17-35-37(23-29)45(4,5)38-21-27(3)40-36-16-14-28(24-46)22-39(36)47-44(40)43(35)38/h6-23H,1-5H3. The Balaban J connectivity index is 1.33. The van der Waals surface area contributed by atoms with Gasteiger partial charge < -0.3 is 0 Å². The van der Waals surface area contributed by atoms with Gasteiger partial charge in [0.05, 0.1) is 11.6 Å². The van der Waals surface area contributed by atoms with Crippen LogP contribution in [0.1, 0.15) is 47.2 Å². The summed E-state index contributed by atoms with van der Waals surface area (Å²) in [6.07, 6.45) is 0. The molecule has 1 aliphatic carbocycles. The van der Waals surface area contributed by atoms with E-state index in [-0.39, 0.29) is 5.41 Å². The number of nitrogens with zero attached hydrogens (tertiary/aromatic N) is 1. The van der Waals surface area contributed by atoms with Crippen LogP contribution in [0, 0.1) is 32.1 Å². The lowest BCUT2D eigenvalue weighted by atomic mass is 9.80. The number of hydrogen-bond donors (Lipinski definition) is 0. The zero-order chi connectivity index (χ0) is 32.2. The summed E-state index contributed by atoms with van der Waals surface area (Å²) in [7, 11) is 0. The van der Waals surface area contributed by atoms with E-state index >= 15 is 0 Å². The molecule has 1 nitrogen and oxygen atoms in total. The minimum Gasteiger partial charge on any atom is -0.192 e. The summed E-state index contributed by atoms with van der Waals surface area (Å²) in [5.41, 5.74) is 15.0. The number of benzene rings is 7. The van der Waals surface area contributed by atoms with Crippen molar-refractivity contribution in [3.05, 3.63) is 143 Å². The van der Waals surface area contributed by atoms with E-state index in [0.29, 0.717) is 5.56 Å². The van der Waals surface area contributed by atoms with Crippen LogP contribution in [0.2, 0.25) is 0 Å². The Morgan fingerprint density at radius 1 is 0.574 bits per heavy atom. The first-order valence-corrected chi connectivity index (χ1v) is 17.1. The van der Waals surface area contributed by atoms with Crippen LogP contribution < -0.4 is 0 Å². The average Bonchev–Trinajstić information content (AvgIpc) is 3.55. The second-order valence-corrected chi connectivity index (χ2v) is 14.9. The summed E-state index contributed by atoms with van der Waals surface area (Å²) in [6, 6.07) is 42.9. The van der Waals surface area contributed by atoms with Gasteiger partial charge in [-0.25, -0.2) is 0 Å². The maximum absolute atomic E-state index is 9.58. The summed E-state index contributed by atoms with van der Waals surface area (Å²) in [4.78, 5) is 0. The van der Waals surface area contributed by atoms with Gasteiger partial charge in [0.15, 0.2) is 0 Å². The highest BCUT2D eigenvalue weighted by Gasteiger charge is 2.38. The molecule has 2 heteroatoms. The number of rotatable bonds is 2. The molecule has 1 heterocycles. The fraction of sp³-hybridized carbons (Fsp3) is 0.133. The summed E-state index contributed by atoms with van der Waals surface area (Å²) in [5.74, 6) is 0. The van der Waals surface area contributed by atoms with Crippen LogP contribution in [0.5, 0.6) is 0 Å². The Morgan fingerprint density at radius 3 is 1.81 bits per heavy atom. The molecule has 0 unspecified atom stereocenters. The van der Waals surface area contributed by atoms with E-state index in [1.54, 1.807) is 0 Å². The Bertz CT molecular complexity index is 2620. The maximum atomic E-state index is 9.58. The van der Waals surface area contributed by atoms with Gasteiger partial charge in [-0.2, -0.15) is 5.26 Å². The van der Waals surface area contributed by atoms with Crippen molar-refractivity contribution in [2.24, 2.45) is 0 Å². The SMILES string of the molecule is Cc1cc(C)cc(-c2c3ccccc3c(-c3ccc4c(c3)C(C)(C)c3cc(C)c5c(sc6cc(C#N)ccc65)c3-4)c3ccccc23)c1. The molecule has 47 heavy (non-hydrogen) atoms. The van der Waals surface area contributed by atoms with Crippen molar-refractivity contribution in [2.45, 2.75) is 40.0 Å². The number of aryl methyl sites for hydroxylation is 3. The zero-order valence-electron chi connectivity index (χ0n) is 27.2. The molecule has 0 radical (unpaired) electrons. The maximum Gasteiger partial charge on any atom is 0.0992 e. The summed E-state index contributed by atoms with van der Waals surface area (Å²) >= 11 is 1.83. The van der Waals surface area contributed by atoms with Gasteiger partial charge in [0.2, 0.25) is 0 Å². The Morgan fingerprint density at radius 2 is 1.19 bits per heavy atom. The van der Waals surface area contributed by atoms with Crippen LogP contribution in [-0.2, 0) is 5.41 Å². The molecule has 0 fully saturated rings. The molecule has 9 rings (SSSR count). The molecule has 0 spiro atoms. The Kier molecular flexibility index (Phi) is 5.89. The van der Waals surface area contributed by atoms with Crippen LogP contribution in [0.4, 0.5) is 0 Å². The number of thiophene rings is 1. The van der Waals surface area contributed by atoms with E-state index in [2.05, 4.69) is 138 Å². The normalized spacial score (nSPS) is 13.4. The molecule has 0 saturated carbocycles. The largest absolute Gasteiger partial charge is 0.192 e. The number of fused-ring (bicyclic) bond motifs is 9. The van der Waals surface area contributed by atoms with Crippen molar-refractivity contribution >= 4 is 53.1 Å². The van der Waals surface area contributed by atoms with Crippen molar-refractivity contribution in [1.82, 2.24) is 0 Å². The third-order valence-electron chi connectivity index (χ3n) is 10.4. The van der Waals surface area contributed by atoms with Crippen molar-refractivity contribution in [2.75, 3.05) is 0 Å². The van der Waals surface area contributed by atoms with E-state index < -0.39 is 0 Å². The first-order chi connectivity index (χ1) is 22.7. The van der Waals surface area contributed by atoms with Crippen molar-refractivity contribution < 1.29 is 0 Å². The Labute approximate surface area is 279 Å². The molecule has 0 bridgehead atoms. The lowest BCUT2D eigenvalue weighted by molar-refractivity contribution is 0.660. The first kappa shape index (κ1) is 28.0. The fourth-order valence-electron chi connectivity index (χ4n) is 8.43. The van der Waals surface area contributed by atoms with Crippen molar-refractivity contribution in [3.8, 4) is 39.4 Å². The highest BCUT2D eigenvalue weighted by atomic mass is 32.1. The third-order valence-corrected chi connectivity index (χ3v) is 11.6. The molecule has 8 aromatic rings. The van der Waals surface area contributed by atoms with Gasteiger partial charge in [0, 0.05) is 31.2 Å². The van der Waals surface area contributed by atoms with E-state index in [9.17, 15) is 5.26 Å². The molecule has 0 aliphatic heterocycles. The van der Waals surface area contributed by atoms with Gasteiger partial charge in [-0.1, -0.05) is 116 Å². The van der Waals surface area contributed by atoms with Gasteiger partial charge in [-0.15, -0.1) is 11.3 Å². The van der Waals surface area contributed by atoms with Gasteiger partial charge in [0.1, 0.15) is 0 Å². The average molecular weight is 620 g/mol. The van der Waals surface area contributed by atoms with Crippen molar-refractivity contribution in [3.63, 3.8) is 0 Å². The molecular weight excluding hydrogens is 587 g/mol. The minimum absolute atomic E-state index is 0.155. The molecule has 0 amide bonds. The number of hydrogen-bond acceptors (Lipinski definition) is 2. The predicted molar refractivity (Wildman–Crippen MR) is 202 cm³/mol. The lowest BCUT2D eigenvalue weighted by Gasteiger charge is -2.23. The summed E-state index contributed by atoms with van der Waals surface area (Å²) in [6.45, 7) is 11.4. The fourth-order valence-corrected chi connectivity index (χ4v) is 9.81. The molecular formula is C45H33NS. The summed E-state index contributed by atoms with van der Waals surface area (Å²) in [5, 5.41) is 17.3. The zero-order valence-corrected chi connectivity index (χ0v) is 28.1. The van der Waals surface area contributed by atoms with Crippen LogP contribution >= 0.6 is 11.3 Å². The third kappa shape index (κ3) is 3.94. The van der Waals surface area contributed by atoms with E-state index in [4.69, 9.17) is 0 Å². The molecule has 1 aromatic heterocycles. The van der Waals surface area contributed by atoms with Gasteiger partial charge in [-0.3, -0.25) is 0 Å². The smallest absolute Gasteiger partial charge is 0.0992 e. The molecule has 1 aliphatic rings. The lowest BCUT2D eigenvalue weighted by Crippen LogP contribution is -2.15. The van der Waals surface area contributed by atoms with Crippen LogP contribution in [0.15, 0.2) is 109 Å². The summed E-state index contributed by atoms with van der Waals surface area (Å²) < 4.78 is 2.51. The van der Waals surface area contributed by atoms with Crippen LogP contribution in [0.25, 0.3) is 75.1 Å². The monoisotopic (exact) mass is 619 g/mol. The van der Waals surface area contributed by atoms with E-state index in [1.807, 2.05) is 23.5 Å². The molecule has 0 N–H and O–H groups in total. The van der Waals surface area contributed by atoms with Crippen LogP contribution in [-0.4, -0.2) is 0 Å². The predicted octanol–water partition coefficient (Wildman–Crippen LogP) is 12.8. The molecule has 7 aromatic carbocycles. The Hall–Kier alpha value is -5.23. The van der Waals surface area contributed by atoms with E-state index in [0.717, 1.165) is 0 Å². The van der Waals surface area contributed by atoms with E-state index in [1.165, 1.54) is 103 Å². The highest BCUT2D eigenvalue weighted by molar-refractivity contribution is 7.26. The van der Waals surface area contributed by atoms with Gasteiger partial charge >= 0.3 is 0 Å². The second kappa shape index (κ2) is 9.88. The van der Waals surface area contributed by atoms with Crippen molar-refractivity contribution in [1.29, 1.82) is 5.26 Å². The van der Waals surface area contributed by atoms with Crippen LogP contribution in [0.3, 0.4) is 0 Å². The second-order valence-electron chi connectivity index (χ2n) is 13.8. The number of nitriles is 1. The van der Waals surface area contributed by atoms with Gasteiger partial charge in [-0.05, 0) is 105 Å². The van der Waals surface area contributed by atoms with Gasteiger partial charge in [0.25, 0.3) is 0 Å². The topological polar surface area (TPSA) is 23.8 Å². The molecule has 0 atom stereocenters.